The van der Waals surface area contributed by atoms with E-state index in [2.05, 4.69) is 12.6 Å². The Hall–Kier alpha value is -1.13. The quantitative estimate of drug-likeness (QED) is 0.371. The van der Waals surface area contributed by atoms with E-state index in [1.54, 1.807) is 0 Å². The van der Waals surface area contributed by atoms with Gasteiger partial charge in [0.15, 0.2) is 0 Å². The second kappa shape index (κ2) is 4.52. The zero-order valence-corrected chi connectivity index (χ0v) is 9.95. The molecule has 0 radical (unpaired) electrons. The second-order valence-corrected chi connectivity index (χ2v) is 4.55. The molecule has 0 aliphatic carbocycles. The van der Waals surface area contributed by atoms with Crippen LogP contribution in [0.25, 0.3) is 0 Å². The van der Waals surface area contributed by atoms with Crippen LogP contribution in [0.2, 0.25) is 0 Å². The Morgan fingerprint density at radius 2 is 2.17 bits per heavy atom. The van der Waals surface area contributed by atoms with Gasteiger partial charge >= 0.3 is 5.69 Å². The first-order valence-electron chi connectivity index (χ1n) is 5.10. The number of aliphatic hydroxyl groups is 3. The smallest absolute Gasteiger partial charge is 0.331 e. The van der Waals surface area contributed by atoms with E-state index in [9.17, 15) is 19.8 Å². The van der Waals surface area contributed by atoms with Crippen molar-refractivity contribution in [3.8, 4) is 0 Å². The van der Waals surface area contributed by atoms with Gasteiger partial charge in [-0.25, -0.2) is 4.79 Å². The molecule has 4 atom stereocenters. The molecule has 0 unspecified atom stereocenters. The van der Waals surface area contributed by atoms with Gasteiger partial charge in [0.2, 0.25) is 5.06 Å². The van der Waals surface area contributed by atoms with Gasteiger partial charge in [-0.15, -0.1) is 12.6 Å². The number of aliphatic hydroxyl groups excluding tert-OH is 3. The van der Waals surface area contributed by atoms with Gasteiger partial charge < -0.3 is 20.1 Å². The molecule has 1 aliphatic rings. The van der Waals surface area contributed by atoms with Crippen LogP contribution in [-0.4, -0.2) is 49.8 Å². The summed E-state index contributed by atoms with van der Waals surface area (Å²) in [5.74, 6) is 0. The van der Waals surface area contributed by atoms with Crippen LogP contribution in [0.15, 0.2) is 21.9 Å². The van der Waals surface area contributed by atoms with E-state index in [0.29, 0.717) is 0 Å². The summed E-state index contributed by atoms with van der Waals surface area (Å²) in [6.07, 6.45) is -2.92. The van der Waals surface area contributed by atoms with E-state index in [0.717, 1.165) is 16.8 Å². The van der Waals surface area contributed by atoms with Crippen LogP contribution < -0.4 is 11.2 Å². The standard InChI is InChI=1S/C9H12N2O6S/c12-3-4-6(14)7(15)9(18,17-4)11-2-1-5(13)10-8(11)16/h1-2,4,6-7,12,14-15,18H,3H2,(H,10,13,16)/t4-,6-,7-,9+/m1/s1. The number of thiol groups is 1. The third-order valence-electron chi connectivity index (χ3n) is 2.76. The monoisotopic (exact) mass is 276 g/mol. The van der Waals surface area contributed by atoms with Gasteiger partial charge in [-0.05, 0) is 0 Å². The van der Waals surface area contributed by atoms with E-state index in [-0.39, 0.29) is 0 Å². The summed E-state index contributed by atoms with van der Waals surface area (Å²) in [6.45, 7) is -0.543. The third kappa shape index (κ3) is 1.89. The number of nitrogens with zero attached hydrogens (tertiary/aromatic N) is 1. The fourth-order valence-corrected chi connectivity index (χ4v) is 2.25. The van der Waals surface area contributed by atoms with Crippen LogP contribution in [0.3, 0.4) is 0 Å². The highest BCUT2D eigenvalue weighted by Gasteiger charge is 2.53. The normalized spacial score (nSPS) is 35.9. The summed E-state index contributed by atoms with van der Waals surface area (Å²) in [7, 11) is 0. The lowest BCUT2D eigenvalue weighted by Gasteiger charge is -2.28. The van der Waals surface area contributed by atoms with Crippen molar-refractivity contribution in [2.75, 3.05) is 6.61 Å². The number of H-pyrrole nitrogens is 1. The molecule has 0 amide bonds. The minimum atomic E-state index is -1.85. The molecule has 1 aromatic rings. The van der Waals surface area contributed by atoms with E-state index in [4.69, 9.17) is 9.84 Å². The van der Waals surface area contributed by atoms with Gasteiger partial charge in [-0.1, -0.05) is 0 Å². The molecule has 0 saturated carbocycles. The van der Waals surface area contributed by atoms with Crippen molar-refractivity contribution in [3.05, 3.63) is 33.1 Å². The minimum absolute atomic E-state index is 0.543. The van der Waals surface area contributed by atoms with Crippen molar-refractivity contribution in [1.82, 2.24) is 9.55 Å². The van der Waals surface area contributed by atoms with Crippen LogP contribution >= 0.6 is 12.6 Å². The average Bonchev–Trinajstić information content (AvgIpc) is 2.54. The number of rotatable bonds is 2. The van der Waals surface area contributed by atoms with Crippen molar-refractivity contribution in [2.45, 2.75) is 23.4 Å². The maximum Gasteiger partial charge on any atom is 0.331 e. The molecule has 4 N–H and O–H groups in total. The number of aromatic amines is 1. The molecule has 2 rings (SSSR count). The first kappa shape index (κ1) is 13.3. The van der Waals surface area contributed by atoms with Gasteiger partial charge in [0, 0.05) is 12.3 Å². The molecule has 8 nitrogen and oxygen atoms in total. The summed E-state index contributed by atoms with van der Waals surface area (Å²) < 4.78 is 6.02. The highest BCUT2D eigenvalue weighted by atomic mass is 32.1. The molecule has 9 heteroatoms. The van der Waals surface area contributed by atoms with Crippen LogP contribution in [0.5, 0.6) is 0 Å². The average molecular weight is 276 g/mol. The van der Waals surface area contributed by atoms with Gasteiger partial charge in [-0.3, -0.25) is 14.3 Å². The Kier molecular flexibility index (Phi) is 3.34. The topological polar surface area (TPSA) is 125 Å². The van der Waals surface area contributed by atoms with E-state index in [1.165, 1.54) is 0 Å². The molecular weight excluding hydrogens is 264 g/mol. The predicted molar refractivity (Wildman–Crippen MR) is 62.3 cm³/mol. The van der Waals surface area contributed by atoms with Crippen molar-refractivity contribution < 1.29 is 20.1 Å². The first-order chi connectivity index (χ1) is 8.40. The van der Waals surface area contributed by atoms with Crippen molar-refractivity contribution in [2.24, 2.45) is 0 Å². The Bertz CT molecular complexity index is 556. The Morgan fingerprint density at radius 3 is 2.67 bits per heavy atom. The summed E-state index contributed by atoms with van der Waals surface area (Å²) in [6, 6.07) is 1.05. The summed E-state index contributed by atoms with van der Waals surface area (Å²) >= 11 is 4.04. The molecule has 100 valence electrons. The van der Waals surface area contributed by atoms with Gasteiger partial charge in [0.05, 0.1) is 6.61 Å². The first-order valence-corrected chi connectivity index (χ1v) is 5.54. The van der Waals surface area contributed by atoms with Crippen molar-refractivity contribution in [1.29, 1.82) is 0 Å². The largest absolute Gasteiger partial charge is 0.394 e. The molecule has 1 fully saturated rings. The van der Waals surface area contributed by atoms with Crippen LogP contribution in [0.4, 0.5) is 0 Å². The zero-order valence-electron chi connectivity index (χ0n) is 9.05. The minimum Gasteiger partial charge on any atom is -0.394 e. The Balaban J connectivity index is 2.49. The summed E-state index contributed by atoms with van der Waals surface area (Å²) in [4.78, 5) is 24.5. The third-order valence-corrected chi connectivity index (χ3v) is 3.35. The highest BCUT2D eigenvalue weighted by molar-refractivity contribution is 7.81. The molecule has 0 bridgehead atoms. The summed E-state index contributed by atoms with van der Waals surface area (Å²) in [5.41, 5.74) is -1.46. The Morgan fingerprint density at radius 1 is 1.50 bits per heavy atom. The van der Waals surface area contributed by atoms with Crippen LogP contribution in [0.1, 0.15) is 0 Å². The number of aromatic nitrogens is 2. The lowest BCUT2D eigenvalue weighted by atomic mass is 10.1. The molecule has 2 heterocycles. The molecule has 1 aliphatic heterocycles. The van der Waals surface area contributed by atoms with Crippen molar-refractivity contribution in [3.63, 3.8) is 0 Å². The fraction of sp³-hybridized carbons (Fsp3) is 0.556. The lowest BCUT2D eigenvalue weighted by molar-refractivity contribution is -0.0805. The lowest BCUT2D eigenvalue weighted by Crippen LogP contribution is -2.47. The number of nitrogens with one attached hydrogen (secondary N) is 1. The maximum absolute atomic E-state index is 11.6. The zero-order chi connectivity index (χ0) is 13.5. The molecule has 18 heavy (non-hydrogen) atoms. The van der Waals surface area contributed by atoms with E-state index < -0.39 is 41.2 Å². The van der Waals surface area contributed by atoms with Crippen molar-refractivity contribution >= 4 is 12.6 Å². The second-order valence-electron chi connectivity index (χ2n) is 3.91. The van der Waals surface area contributed by atoms with Crippen LogP contribution in [-0.2, 0) is 9.79 Å². The van der Waals surface area contributed by atoms with Gasteiger partial charge in [0.1, 0.15) is 18.3 Å². The molecular formula is C9H12N2O6S. The van der Waals surface area contributed by atoms with E-state index >= 15 is 0 Å². The SMILES string of the molecule is O=c1ccn([C@]2(S)O[C@H](CO)[C@@H](O)[C@H]2O)c(=O)[nH]1. The summed E-state index contributed by atoms with van der Waals surface area (Å²) in [5, 5.41) is 26.6. The van der Waals surface area contributed by atoms with Gasteiger partial charge in [-0.2, -0.15) is 0 Å². The molecule has 0 aromatic carbocycles. The molecule has 1 saturated heterocycles. The molecule has 0 spiro atoms. The molecule has 1 aromatic heterocycles. The maximum atomic E-state index is 11.6. The fourth-order valence-electron chi connectivity index (χ4n) is 1.80. The highest BCUT2D eigenvalue weighted by Crippen LogP contribution is 2.37. The van der Waals surface area contributed by atoms with Gasteiger partial charge in [0.25, 0.3) is 5.56 Å². The Labute approximate surface area is 106 Å². The van der Waals surface area contributed by atoms with E-state index in [1.807, 2.05) is 4.98 Å². The van der Waals surface area contributed by atoms with Crippen LogP contribution in [0, 0.1) is 0 Å². The predicted octanol–water partition coefficient (Wildman–Crippen LogP) is -2.81. The number of hydrogen-bond donors (Lipinski definition) is 5. The number of ether oxygens (including phenoxy) is 1. The number of hydrogen-bond acceptors (Lipinski definition) is 7.